The fourth-order valence-electron chi connectivity index (χ4n) is 9.42. The van der Waals surface area contributed by atoms with E-state index in [1.165, 1.54) is 295 Å². The normalized spacial score (nSPS) is 12.0. The van der Waals surface area contributed by atoms with Crippen LogP contribution in [0.2, 0.25) is 0 Å². The fourth-order valence-corrected chi connectivity index (χ4v) is 9.42. The molecule has 1 atom stereocenters. The van der Waals surface area contributed by atoms with E-state index < -0.39 is 0 Å². The number of rotatable bonds is 55. The molecule has 4 nitrogen and oxygen atoms in total. The zero-order valence-electron chi connectivity index (χ0n) is 43.7. The SMILES string of the molecule is CCCCCCCCCCCCCCCCCCCCCCCCCCCC(=O)OCC(C)OC(=O)CCCCCCCCCCCCCCCCCCCCCCCCCCC. The standard InChI is InChI=1S/C59H116O4/c1-4-6-8-10-12-14-16-18-20-22-24-26-28-30-32-34-36-38-40-42-44-46-48-50-52-54-58(60)62-56-57(3)63-59(61)55-53-51-49-47-45-43-41-39-37-35-33-31-29-27-25-23-21-19-17-15-13-11-9-7-5-2/h57H,4-56H2,1-3H3. The lowest BCUT2D eigenvalue weighted by molar-refractivity contribution is -0.158. The largest absolute Gasteiger partial charge is 0.462 e. The molecule has 0 fully saturated rings. The van der Waals surface area contributed by atoms with Gasteiger partial charge >= 0.3 is 11.9 Å². The molecule has 0 aromatic carbocycles. The van der Waals surface area contributed by atoms with Crippen molar-refractivity contribution in [3.05, 3.63) is 0 Å². The average Bonchev–Trinajstić information content (AvgIpc) is 3.28. The summed E-state index contributed by atoms with van der Waals surface area (Å²) >= 11 is 0. The van der Waals surface area contributed by atoms with Crippen LogP contribution in [0.5, 0.6) is 0 Å². The van der Waals surface area contributed by atoms with Gasteiger partial charge in [-0.3, -0.25) is 9.59 Å². The molecule has 0 rings (SSSR count). The first-order valence-electron chi connectivity index (χ1n) is 29.4. The highest BCUT2D eigenvalue weighted by Crippen LogP contribution is 2.18. The first-order valence-corrected chi connectivity index (χ1v) is 29.4. The first kappa shape index (κ1) is 61.9. The molecule has 0 aliphatic heterocycles. The summed E-state index contributed by atoms with van der Waals surface area (Å²) < 4.78 is 10.9. The van der Waals surface area contributed by atoms with E-state index >= 15 is 0 Å². The molecule has 63 heavy (non-hydrogen) atoms. The van der Waals surface area contributed by atoms with Gasteiger partial charge in [0.15, 0.2) is 0 Å². The van der Waals surface area contributed by atoms with Gasteiger partial charge in [-0.2, -0.15) is 0 Å². The maximum absolute atomic E-state index is 12.3. The third kappa shape index (κ3) is 55.2. The zero-order valence-corrected chi connectivity index (χ0v) is 43.7. The summed E-state index contributed by atoms with van der Waals surface area (Å²) in [5.74, 6) is -0.319. The summed E-state index contributed by atoms with van der Waals surface area (Å²) in [5.41, 5.74) is 0. The second kappa shape index (κ2) is 55.3. The fraction of sp³-hybridized carbons (Fsp3) is 0.966. The lowest BCUT2D eigenvalue weighted by Gasteiger charge is -2.13. The second-order valence-electron chi connectivity index (χ2n) is 20.5. The van der Waals surface area contributed by atoms with Crippen molar-refractivity contribution in [1.82, 2.24) is 0 Å². The van der Waals surface area contributed by atoms with Crippen LogP contribution in [0.1, 0.15) is 355 Å². The van der Waals surface area contributed by atoms with Crippen LogP contribution in [0.3, 0.4) is 0 Å². The van der Waals surface area contributed by atoms with Crippen molar-refractivity contribution in [2.45, 2.75) is 361 Å². The maximum atomic E-state index is 12.3. The second-order valence-corrected chi connectivity index (χ2v) is 20.5. The molecule has 0 aromatic rings. The summed E-state index contributed by atoms with van der Waals surface area (Å²) in [4.78, 5) is 24.5. The van der Waals surface area contributed by atoms with E-state index in [1.807, 2.05) is 6.92 Å². The molecule has 0 saturated heterocycles. The van der Waals surface area contributed by atoms with Crippen molar-refractivity contribution < 1.29 is 19.1 Å². The van der Waals surface area contributed by atoms with Crippen molar-refractivity contribution in [1.29, 1.82) is 0 Å². The average molecular weight is 890 g/mol. The molecule has 0 heterocycles. The summed E-state index contributed by atoms with van der Waals surface area (Å²) in [5, 5.41) is 0. The van der Waals surface area contributed by atoms with Crippen molar-refractivity contribution in [2.24, 2.45) is 0 Å². The molecule has 0 radical (unpaired) electrons. The third-order valence-corrected chi connectivity index (χ3v) is 13.8. The topological polar surface area (TPSA) is 52.6 Å². The predicted octanol–water partition coefficient (Wildman–Crippen LogP) is 20.8. The number of esters is 2. The van der Waals surface area contributed by atoms with Crippen LogP contribution in [-0.2, 0) is 19.1 Å². The highest BCUT2D eigenvalue weighted by Gasteiger charge is 2.12. The Morgan fingerprint density at radius 3 is 0.651 bits per heavy atom. The molecule has 0 aliphatic rings. The van der Waals surface area contributed by atoms with Crippen LogP contribution in [-0.4, -0.2) is 24.6 Å². The Kier molecular flexibility index (Phi) is 54.3. The van der Waals surface area contributed by atoms with Crippen LogP contribution >= 0.6 is 0 Å². The lowest BCUT2D eigenvalue weighted by atomic mass is 10.0. The van der Waals surface area contributed by atoms with Crippen molar-refractivity contribution in [2.75, 3.05) is 6.61 Å². The molecule has 0 bridgehead atoms. The molecule has 4 heteroatoms. The van der Waals surface area contributed by atoms with E-state index in [1.54, 1.807) is 0 Å². The number of carbonyl (C=O) groups is 2. The molecule has 0 spiro atoms. The lowest BCUT2D eigenvalue weighted by Crippen LogP contribution is -2.22. The van der Waals surface area contributed by atoms with Crippen LogP contribution in [0.25, 0.3) is 0 Å². The molecule has 376 valence electrons. The highest BCUT2D eigenvalue weighted by atomic mass is 16.6. The number of hydrogen-bond acceptors (Lipinski definition) is 4. The van der Waals surface area contributed by atoms with Gasteiger partial charge in [0.2, 0.25) is 0 Å². The van der Waals surface area contributed by atoms with E-state index in [2.05, 4.69) is 13.8 Å². The van der Waals surface area contributed by atoms with E-state index in [9.17, 15) is 9.59 Å². The van der Waals surface area contributed by atoms with Crippen LogP contribution in [0.4, 0.5) is 0 Å². The summed E-state index contributed by atoms with van der Waals surface area (Å²) in [6.45, 7) is 6.59. The molecule has 0 N–H and O–H groups in total. The van der Waals surface area contributed by atoms with Gasteiger partial charge < -0.3 is 9.47 Å². The molecule has 1 unspecified atom stereocenters. The Morgan fingerprint density at radius 2 is 0.444 bits per heavy atom. The van der Waals surface area contributed by atoms with Crippen LogP contribution in [0.15, 0.2) is 0 Å². The minimum atomic E-state index is -0.371. The summed E-state index contributed by atoms with van der Waals surface area (Å²) in [7, 11) is 0. The van der Waals surface area contributed by atoms with Gasteiger partial charge in [-0.15, -0.1) is 0 Å². The molecule has 0 aromatic heterocycles. The third-order valence-electron chi connectivity index (χ3n) is 13.8. The Morgan fingerprint density at radius 1 is 0.270 bits per heavy atom. The quantitative estimate of drug-likeness (QED) is 0.0451. The van der Waals surface area contributed by atoms with E-state index in [0.29, 0.717) is 12.8 Å². The van der Waals surface area contributed by atoms with Crippen molar-refractivity contribution >= 4 is 11.9 Å². The molecular weight excluding hydrogens is 773 g/mol. The monoisotopic (exact) mass is 889 g/mol. The minimum Gasteiger partial charge on any atom is -0.462 e. The first-order chi connectivity index (χ1) is 31.1. The van der Waals surface area contributed by atoms with Gasteiger partial charge in [0.1, 0.15) is 12.7 Å². The van der Waals surface area contributed by atoms with Crippen LogP contribution < -0.4 is 0 Å². The molecule has 0 amide bonds. The van der Waals surface area contributed by atoms with E-state index in [-0.39, 0.29) is 24.6 Å². The molecule has 0 aliphatic carbocycles. The summed E-state index contributed by atoms with van der Waals surface area (Å²) in [6.07, 6.45) is 69.5. The van der Waals surface area contributed by atoms with E-state index in [4.69, 9.17) is 9.47 Å². The Hall–Kier alpha value is -1.06. The van der Waals surface area contributed by atoms with Crippen molar-refractivity contribution in [3.8, 4) is 0 Å². The maximum Gasteiger partial charge on any atom is 0.306 e. The van der Waals surface area contributed by atoms with Crippen LogP contribution in [0, 0.1) is 0 Å². The number of hydrogen-bond donors (Lipinski definition) is 0. The van der Waals surface area contributed by atoms with Gasteiger partial charge in [-0.05, 0) is 19.8 Å². The van der Waals surface area contributed by atoms with Gasteiger partial charge in [0, 0.05) is 12.8 Å². The molecule has 0 saturated carbocycles. The van der Waals surface area contributed by atoms with Crippen molar-refractivity contribution in [3.63, 3.8) is 0 Å². The Bertz CT molecular complexity index is 872. The van der Waals surface area contributed by atoms with E-state index in [0.717, 1.165) is 25.7 Å². The number of carbonyl (C=O) groups excluding carboxylic acids is 2. The predicted molar refractivity (Wildman–Crippen MR) is 278 cm³/mol. The number of ether oxygens (including phenoxy) is 2. The zero-order chi connectivity index (χ0) is 45.6. The minimum absolute atomic E-state index is 0.159. The smallest absolute Gasteiger partial charge is 0.306 e. The number of unbranched alkanes of at least 4 members (excludes halogenated alkanes) is 48. The Labute approximate surface area is 396 Å². The Balaban J connectivity index is 3.31. The van der Waals surface area contributed by atoms with Gasteiger partial charge in [-0.25, -0.2) is 0 Å². The van der Waals surface area contributed by atoms with Gasteiger partial charge in [-0.1, -0.05) is 322 Å². The van der Waals surface area contributed by atoms with Gasteiger partial charge in [0.25, 0.3) is 0 Å². The van der Waals surface area contributed by atoms with Gasteiger partial charge in [0.05, 0.1) is 0 Å². The molecular formula is C59H116O4. The highest BCUT2D eigenvalue weighted by molar-refractivity contribution is 5.70. The summed E-state index contributed by atoms with van der Waals surface area (Å²) in [6, 6.07) is 0.